The van der Waals surface area contributed by atoms with E-state index in [4.69, 9.17) is 0 Å². The summed E-state index contributed by atoms with van der Waals surface area (Å²) in [5, 5.41) is 0. The molecule has 0 unspecified atom stereocenters. The molecule has 2 rings (SSSR count). The van der Waals surface area contributed by atoms with Crippen LogP contribution < -0.4 is 0 Å². The van der Waals surface area contributed by atoms with Crippen molar-refractivity contribution in [1.82, 2.24) is 4.90 Å². The smallest absolute Gasteiger partial charge is 0.191 e. The van der Waals surface area contributed by atoms with Gasteiger partial charge in [-0.2, -0.15) is 0 Å². The van der Waals surface area contributed by atoms with Crippen LogP contribution in [-0.4, -0.2) is 23.8 Å². The van der Waals surface area contributed by atoms with Crippen LogP contribution >= 0.6 is 0 Å². The normalized spacial score (nSPS) is 16.6. The van der Waals surface area contributed by atoms with Crippen molar-refractivity contribution in [3.05, 3.63) is 47.2 Å². The maximum absolute atomic E-state index is 12.1. The molecular formula is C14H17NO. The number of allylic oxidation sites excluding steroid dienone is 1. The van der Waals surface area contributed by atoms with E-state index in [1.807, 2.05) is 30.5 Å². The van der Waals surface area contributed by atoms with Gasteiger partial charge in [-0.05, 0) is 19.4 Å². The predicted octanol–water partition coefficient (Wildman–Crippen LogP) is 2.65. The first-order valence-electron chi connectivity index (χ1n) is 5.83. The summed E-state index contributed by atoms with van der Waals surface area (Å²) in [6.45, 7) is 6.10. The van der Waals surface area contributed by atoms with Gasteiger partial charge in [0.15, 0.2) is 5.78 Å². The molecule has 84 valence electrons. The maximum Gasteiger partial charge on any atom is 0.191 e. The third-order valence-electron chi connectivity index (χ3n) is 3.09. The number of benzene rings is 1. The molecule has 1 aromatic carbocycles. The Labute approximate surface area is 96.6 Å². The Kier molecular flexibility index (Phi) is 3.09. The van der Waals surface area contributed by atoms with E-state index in [0.717, 1.165) is 36.2 Å². The monoisotopic (exact) mass is 215 g/mol. The minimum absolute atomic E-state index is 0.197. The second kappa shape index (κ2) is 4.52. The van der Waals surface area contributed by atoms with E-state index in [1.165, 1.54) is 0 Å². The maximum atomic E-state index is 12.1. The van der Waals surface area contributed by atoms with Crippen molar-refractivity contribution in [3.63, 3.8) is 0 Å². The summed E-state index contributed by atoms with van der Waals surface area (Å²) in [5.41, 5.74) is 2.96. The SMILES string of the molecule is CCN(/C=C1\Cc2ccccc2C1=O)CC. The zero-order valence-electron chi connectivity index (χ0n) is 9.86. The molecule has 1 aliphatic rings. The highest BCUT2D eigenvalue weighted by Gasteiger charge is 2.24. The molecule has 0 atom stereocenters. The van der Waals surface area contributed by atoms with Crippen molar-refractivity contribution < 1.29 is 4.79 Å². The van der Waals surface area contributed by atoms with Crippen LogP contribution in [0.3, 0.4) is 0 Å². The molecule has 0 amide bonds. The molecule has 0 saturated carbocycles. The quantitative estimate of drug-likeness (QED) is 0.722. The standard InChI is InChI=1S/C14H17NO/c1-3-15(4-2)10-12-9-11-7-5-6-8-13(11)14(12)16/h5-8,10H,3-4,9H2,1-2H3/b12-10+. The minimum Gasteiger partial charge on any atom is -0.378 e. The van der Waals surface area contributed by atoms with Crippen molar-refractivity contribution in [2.45, 2.75) is 20.3 Å². The zero-order valence-corrected chi connectivity index (χ0v) is 9.86. The number of nitrogens with zero attached hydrogens (tertiary/aromatic N) is 1. The Bertz CT molecular complexity index is 430. The third-order valence-corrected chi connectivity index (χ3v) is 3.09. The summed E-state index contributed by atoms with van der Waals surface area (Å²) in [6, 6.07) is 7.88. The Morgan fingerprint density at radius 1 is 1.25 bits per heavy atom. The van der Waals surface area contributed by atoms with Gasteiger partial charge in [-0.15, -0.1) is 0 Å². The third kappa shape index (κ3) is 1.87. The first-order chi connectivity index (χ1) is 7.76. The predicted molar refractivity (Wildman–Crippen MR) is 65.5 cm³/mol. The van der Waals surface area contributed by atoms with Gasteiger partial charge in [0.05, 0.1) is 0 Å². The van der Waals surface area contributed by atoms with Gasteiger partial charge >= 0.3 is 0 Å². The number of rotatable bonds is 3. The van der Waals surface area contributed by atoms with Gasteiger partial charge in [-0.3, -0.25) is 4.79 Å². The fourth-order valence-electron chi connectivity index (χ4n) is 2.09. The van der Waals surface area contributed by atoms with E-state index in [9.17, 15) is 4.79 Å². The molecule has 0 saturated heterocycles. The van der Waals surface area contributed by atoms with Gasteiger partial charge in [0.2, 0.25) is 0 Å². The Hall–Kier alpha value is -1.57. The van der Waals surface area contributed by atoms with E-state index in [2.05, 4.69) is 18.7 Å². The number of ketones is 1. The largest absolute Gasteiger partial charge is 0.378 e. The summed E-state index contributed by atoms with van der Waals surface area (Å²) in [7, 11) is 0. The lowest BCUT2D eigenvalue weighted by molar-refractivity contribution is 0.103. The van der Waals surface area contributed by atoms with Gasteiger partial charge in [-0.1, -0.05) is 24.3 Å². The van der Waals surface area contributed by atoms with Gasteiger partial charge in [0, 0.05) is 36.8 Å². The van der Waals surface area contributed by atoms with Crippen LogP contribution in [0.2, 0.25) is 0 Å². The molecule has 2 nitrogen and oxygen atoms in total. The average molecular weight is 215 g/mol. The molecule has 1 aliphatic carbocycles. The van der Waals surface area contributed by atoms with Crippen LogP contribution in [0, 0.1) is 0 Å². The average Bonchev–Trinajstić information content (AvgIpc) is 2.64. The van der Waals surface area contributed by atoms with Gasteiger partial charge < -0.3 is 4.90 Å². The molecule has 1 aromatic rings. The van der Waals surface area contributed by atoms with Crippen molar-refractivity contribution >= 4 is 5.78 Å². The fraction of sp³-hybridized carbons (Fsp3) is 0.357. The molecule has 0 radical (unpaired) electrons. The number of hydrogen-bond acceptors (Lipinski definition) is 2. The molecule has 16 heavy (non-hydrogen) atoms. The van der Waals surface area contributed by atoms with E-state index < -0.39 is 0 Å². The highest BCUT2D eigenvalue weighted by molar-refractivity contribution is 6.13. The van der Waals surface area contributed by atoms with Crippen molar-refractivity contribution in [1.29, 1.82) is 0 Å². The molecule has 0 heterocycles. The Morgan fingerprint density at radius 2 is 1.94 bits per heavy atom. The molecule has 0 spiro atoms. The fourth-order valence-corrected chi connectivity index (χ4v) is 2.09. The number of hydrogen-bond donors (Lipinski definition) is 0. The van der Waals surface area contributed by atoms with Crippen LogP contribution in [0.4, 0.5) is 0 Å². The summed E-state index contributed by atoms with van der Waals surface area (Å²) in [6.07, 6.45) is 2.80. The number of carbonyl (C=O) groups is 1. The lowest BCUT2D eigenvalue weighted by atomic mass is 10.1. The first kappa shape index (κ1) is 10.9. The first-order valence-corrected chi connectivity index (χ1v) is 5.83. The molecule has 0 bridgehead atoms. The van der Waals surface area contributed by atoms with Crippen LogP contribution in [-0.2, 0) is 6.42 Å². The molecule has 0 fully saturated rings. The van der Waals surface area contributed by atoms with Crippen molar-refractivity contribution in [3.8, 4) is 0 Å². The highest BCUT2D eigenvalue weighted by atomic mass is 16.1. The minimum atomic E-state index is 0.197. The molecular weight excluding hydrogens is 198 g/mol. The zero-order chi connectivity index (χ0) is 11.5. The second-order valence-corrected chi connectivity index (χ2v) is 4.04. The summed E-state index contributed by atoms with van der Waals surface area (Å²) in [4.78, 5) is 14.2. The lowest BCUT2D eigenvalue weighted by Crippen LogP contribution is -2.17. The second-order valence-electron chi connectivity index (χ2n) is 4.04. The molecule has 0 N–H and O–H groups in total. The topological polar surface area (TPSA) is 20.3 Å². The van der Waals surface area contributed by atoms with E-state index in [0.29, 0.717) is 0 Å². The molecule has 2 heteroatoms. The highest BCUT2D eigenvalue weighted by Crippen LogP contribution is 2.26. The lowest BCUT2D eigenvalue weighted by Gasteiger charge is -2.15. The molecule has 0 aromatic heterocycles. The Morgan fingerprint density at radius 3 is 2.56 bits per heavy atom. The van der Waals surface area contributed by atoms with Gasteiger partial charge in [0.25, 0.3) is 0 Å². The number of Topliss-reactive ketones (excluding diaryl/α,β-unsaturated/α-hetero) is 1. The molecule has 0 aliphatic heterocycles. The van der Waals surface area contributed by atoms with E-state index in [1.54, 1.807) is 0 Å². The van der Waals surface area contributed by atoms with E-state index in [-0.39, 0.29) is 5.78 Å². The van der Waals surface area contributed by atoms with Crippen LogP contribution in [0.25, 0.3) is 0 Å². The summed E-state index contributed by atoms with van der Waals surface area (Å²) in [5.74, 6) is 0.197. The number of fused-ring (bicyclic) bond motifs is 1. The van der Waals surface area contributed by atoms with Crippen LogP contribution in [0.5, 0.6) is 0 Å². The summed E-state index contributed by atoms with van der Waals surface area (Å²) >= 11 is 0. The van der Waals surface area contributed by atoms with Gasteiger partial charge in [-0.25, -0.2) is 0 Å². The summed E-state index contributed by atoms with van der Waals surface area (Å²) < 4.78 is 0. The van der Waals surface area contributed by atoms with Crippen LogP contribution in [0.1, 0.15) is 29.8 Å². The Balaban J connectivity index is 2.28. The van der Waals surface area contributed by atoms with Crippen molar-refractivity contribution in [2.75, 3.05) is 13.1 Å². The van der Waals surface area contributed by atoms with Crippen molar-refractivity contribution in [2.24, 2.45) is 0 Å². The van der Waals surface area contributed by atoms with E-state index >= 15 is 0 Å². The van der Waals surface area contributed by atoms with Crippen LogP contribution in [0.15, 0.2) is 36.0 Å². The number of carbonyl (C=O) groups excluding carboxylic acids is 1. The van der Waals surface area contributed by atoms with Gasteiger partial charge in [0.1, 0.15) is 0 Å².